The quantitative estimate of drug-likeness (QED) is 0.361. The van der Waals surface area contributed by atoms with Crippen molar-refractivity contribution in [3.63, 3.8) is 0 Å². The highest BCUT2D eigenvalue weighted by molar-refractivity contribution is 7.89. The van der Waals surface area contributed by atoms with E-state index in [9.17, 15) is 22.8 Å². The smallest absolute Gasteiger partial charge is 0.262 e. The van der Waals surface area contributed by atoms with Crippen molar-refractivity contribution < 1.29 is 32.3 Å². The van der Waals surface area contributed by atoms with Crippen LogP contribution in [0.15, 0.2) is 47.6 Å². The molecule has 1 aliphatic rings. The van der Waals surface area contributed by atoms with Gasteiger partial charge in [-0.15, -0.1) is 11.3 Å². The molecule has 41 heavy (non-hydrogen) atoms. The molecule has 2 aromatic heterocycles. The van der Waals surface area contributed by atoms with E-state index >= 15 is 0 Å². The molecule has 0 spiro atoms. The first-order valence-corrected chi connectivity index (χ1v) is 15.5. The van der Waals surface area contributed by atoms with Crippen molar-refractivity contribution in [3.8, 4) is 11.5 Å². The number of fused-ring (bicyclic) bond motifs is 1. The minimum Gasteiger partial charge on any atom is -0.493 e. The van der Waals surface area contributed by atoms with Crippen LogP contribution in [0.2, 0.25) is 0 Å². The van der Waals surface area contributed by atoms with Gasteiger partial charge in [-0.25, -0.2) is 13.4 Å². The maximum atomic E-state index is 13.4. The average Bonchev–Trinajstić information content (AvgIpc) is 3.28. The highest BCUT2D eigenvalue weighted by Gasteiger charge is 2.35. The molecule has 2 N–H and O–H groups in total. The second-order valence-corrected chi connectivity index (χ2v) is 13.2. The first kappa shape index (κ1) is 30.4. The van der Waals surface area contributed by atoms with Gasteiger partial charge < -0.3 is 20.1 Å². The number of pyridine rings is 1. The number of ketones is 1. The van der Waals surface area contributed by atoms with Gasteiger partial charge >= 0.3 is 0 Å². The molecule has 0 radical (unpaired) electrons. The maximum Gasteiger partial charge on any atom is 0.262 e. The summed E-state index contributed by atoms with van der Waals surface area (Å²) < 4.78 is 38.6. The molecule has 3 aromatic rings. The third kappa shape index (κ3) is 7.03. The molecule has 1 fully saturated rings. The van der Waals surface area contributed by atoms with Crippen molar-refractivity contribution in [2.24, 2.45) is 5.92 Å². The summed E-state index contributed by atoms with van der Waals surface area (Å²) in [6, 6.07) is 8.11. The Morgan fingerprint density at radius 2 is 1.88 bits per heavy atom. The largest absolute Gasteiger partial charge is 0.493 e. The Bertz CT molecular complexity index is 1480. The number of nitrogens with zero attached hydrogens (tertiary/aromatic N) is 2. The van der Waals surface area contributed by atoms with Crippen LogP contribution in [0.4, 0.5) is 0 Å². The summed E-state index contributed by atoms with van der Waals surface area (Å²) >= 11 is 1.27. The lowest BCUT2D eigenvalue weighted by molar-refractivity contribution is -0.129. The Balaban J connectivity index is 1.46. The highest BCUT2D eigenvalue weighted by Crippen LogP contribution is 2.36. The standard InChI is InChI=1S/C28H34N4O7S2/c1-17(2)12-20(31-28(35)25-14-18-13-22(38-3)23(39-4)15-24(18)40-25)27(34)30-19-8-7-11-32(16-21(19)33)41(36,37)26-9-5-6-10-29-26/h5-6,9-10,13-15,17,19-20H,7-8,11-12,16H2,1-4H3,(H,30,34)(H,31,35)/t19-,20?/m0/s1. The molecule has 1 aromatic carbocycles. The Hall–Kier alpha value is -3.55. The number of methoxy groups -OCH3 is 2. The van der Waals surface area contributed by atoms with Crippen molar-refractivity contribution in [2.75, 3.05) is 27.3 Å². The van der Waals surface area contributed by atoms with Gasteiger partial charge in [0.15, 0.2) is 22.3 Å². The Labute approximate surface area is 243 Å². The zero-order chi connectivity index (χ0) is 29.7. The number of carbonyl (C=O) groups excluding carboxylic acids is 3. The lowest BCUT2D eigenvalue weighted by Crippen LogP contribution is -2.52. The van der Waals surface area contributed by atoms with Crippen LogP contribution in [0.5, 0.6) is 11.5 Å². The van der Waals surface area contributed by atoms with Crippen molar-refractivity contribution >= 4 is 49.0 Å². The normalized spacial score (nSPS) is 17.2. The van der Waals surface area contributed by atoms with E-state index in [2.05, 4.69) is 15.6 Å². The molecule has 13 heteroatoms. The van der Waals surface area contributed by atoms with E-state index in [1.54, 1.807) is 30.3 Å². The van der Waals surface area contributed by atoms with Gasteiger partial charge in [0.1, 0.15) is 6.04 Å². The zero-order valence-electron chi connectivity index (χ0n) is 23.4. The third-order valence-corrected chi connectivity index (χ3v) is 9.61. The summed E-state index contributed by atoms with van der Waals surface area (Å²) in [4.78, 5) is 44.0. The first-order chi connectivity index (χ1) is 19.5. The summed E-state index contributed by atoms with van der Waals surface area (Å²) in [6.45, 7) is 3.62. The summed E-state index contributed by atoms with van der Waals surface area (Å²) in [6.07, 6.45) is 2.39. The monoisotopic (exact) mass is 602 g/mol. The van der Waals surface area contributed by atoms with Crippen LogP contribution in [-0.2, 0) is 19.6 Å². The number of ether oxygens (including phenoxy) is 2. The predicted molar refractivity (Wildman–Crippen MR) is 155 cm³/mol. The number of thiophene rings is 1. The Morgan fingerprint density at radius 1 is 1.15 bits per heavy atom. The van der Waals surface area contributed by atoms with Crippen LogP contribution in [0, 0.1) is 5.92 Å². The number of benzene rings is 1. The van der Waals surface area contributed by atoms with E-state index in [0.29, 0.717) is 29.2 Å². The van der Waals surface area contributed by atoms with Gasteiger partial charge in [-0.3, -0.25) is 14.4 Å². The summed E-state index contributed by atoms with van der Waals surface area (Å²) in [7, 11) is -0.878. The van der Waals surface area contributed by atoms with Crippen LogP contribution in [0.3, 0.4) is 0 Å². The lowest BCUT2D eigenvalue weighted by atomic mass is 10.0. The fourth-order valence-electron chi connectivity index (χ4n) is 4.67. The van der Waals surface area contributed by atoms with Gasteiger partial charge in [-0.1, -0.05) is 19.9 Å². The SMILES string of the molecule is COc1cc2cc(C(=O)NC(CC(C)C)C(=O)N[C@H]3CCCN(S(=O)(=O)c4ccccn4)CC3=O)sc2cc1OC. The molecule has 4 rings (SSSR count). The van der Waals surface area contributed by atoms with E-state index in [4.69, 9.17) is 9.47 Å². The summed E-state index contributed by atoms with van der Waals surface area (Å²) in [5, 5.41) is 6.27. The predicted octanol–water partition coefficient (Wildman–Crippen LogP) is 3.00. The minimum atomic E-state index is -3.95. The van der Waals surface area contributed by atoms with Gasteiger partial charge in [0.05, 0.1) is 31.7 Å². The molecule has 3 heterocycles. The molecular formula is C28H34N4O7S2. The van der Waals surface area contributed by atoms with Crippen LogP contribution < -0.4 is 20.1 Å². The van der Waals surface area contributed by atoms with E-state index in [0.717, 1.165) is 14.4 Å². The number of Topliss-reactive ketones (excluding diaryl/α,β-unsaturated/α-hetero) is 1. The molecule has 1 unspecified atom stereocenters. The fourth-order valence-corrected chi connectivity index (χ4v) is 7.02. The molecule has 1 aliphatic heterocycles. The van der Waals surface area contributed by atoms with Gasteiger partial charge in [-0.05, 0) is 54.8 Å². The van der Waals surface area contributed by atoms with Crippen LogP contribution in [0.1, 0.15) is 42.8 Å². The number of aromatic nitrogens is 1. The first-order valence-electron chi connectivity index (χ1n) is 13.2. The molecule has 220 valence electrons. The molecule has 2 amide bonds. The van der Waals surface area contributed by atoms with Crippen LogP contribution in [0.25, 0.3) is 10.1 Å². The number of hydrogen-bond donors (Lipinski definition) is 2. The van der Waals surface area contributed by atoms with E-state index in [-0.39, 0.29) is 30.5 Å². The number of sulfonamides is 1. The molecular weight excluding hydrogens is 568 g/mol. The second-order valence-electron chi connectivity index (χ2n) is 10.2. The van der Waals surface area contributed by atoms with Crippen molar-refractivity contribution in [3.05, 3.63) is 47.5 Å². The Kier molecular flexibility index (Phi) is 9.61. The van der Waals surface area contributed by atoms with Crippen molar-refractivity contribution in [1.29, 1.82) is 0 Å². The summed E-state index contributed by atoms with van der Waals surface area (Å²) in [5.74, 6) is -0.157. The molecule has 1 saturated heterocycles. The minimum absolute atomic E-state index is 0.0748. The highest BCUT2D eigenvalue weighted by atomic mass is 32.2. The zero-order valence-corrected chi connectivity index (χ0v) is 25.0. The number of nitrogens with one attached hydrogen (secondary N) is 2. The number of amides is 2. The number of rotatable bonds is 10. The number of hydrogen-bond acceptors (Lipinski definition) is 9. The average molecular weight is 603 g/mol. The van der Waals surface area contributed by atoms with Crippen LogP contribution in [-0.4, -0.2) is 74.7 Å². The van der Waals surface area contributed by atoms with E-state index in [1.165, 1.54) is 37.8 Å². The van der Waals surface area contributed by atoms with Gasteiger partial charge in [0.25, 0.3) is 15.9 Å². The Morgan fingerprint density at radius 3 is 2.54 bits per heavy atom. The van der Waals surface area contributed by atoms with Gasteiger partial charge in [0.2, 0.25) is 5.91 Å². The lowest BCUT2D eigenvalue weighted by Gasteiger charge is -2.23. The van der Waals surface area contributed by atoms with Gasteiger partial charge in [0, 0.05) is 23.5 Å². The molecule has 11 nitrogen and oxygen atoms in total. The van der Waals surface area contributed by atoms with E-state index < -0.39 is 39.7 Å². The third-order valence-electron chi connectivity index (χ3n) is 6.75. The molecule has 2 atom stereocenters. The number of carbonyl (C=O) groups is 3. The summed E-state index contributed by atoms with van der Waals surface area (Å²) in [5.41, 5.74) is 0. The molecule has 0 saturated carbocycles. The van der Waals surface area contributed by atoms with Crippen molar-refractivity contribution in [2.45, 2.75) is 50.2 Å². The molecule has 0 aliphatic carbocycles. The topological polar surface area (TPSA) is 144 Å². The van der Waals surface area contributed by atoms with Crippen molar-refractivity contribution in [1.82, 2.24) is 19.9 Å². The molecule has 0 bridgehead atoms. The second kappa shape index (κ2) is 13.0. The van der Waals surface area contributed by atoms with Crippen LogP contribution >= 0.6 is 11.3 Å². The maximum absolute atomic E-state index is 13.4. The van der Waals surface area contributed by atoms with Gasteiger partial charge in [-0.2, -0.15) is 4.31 Å². The van der Waals surface area contributed by atoms with E-state index in [1.807, 2.05) is 13.8 Å². The fraction of sp³-hybridized carbons (Fsp3) is 0.429.